The quantitative estimate of drug-likeness (QED) is 0.205. The summed E-state index contributed by atoms with van der Waals surface area (Å²) in [6, 6.07) is 28.9. The summed E-state index contributed by atoms with van der Waals surface area (Å²) in [5.41, 5.74) is 9.23. The van der Waals surface area contributed by atoms with Crippen LogP contribution >= 0.6 is 0 Å². The van der Waals surface area contributed by atoms with Gasteiger partial charge in [0.05, 0.1) is 11.1 Å². The van der Waals surface area contributed by atoms with E-state index in [9.17, 15) is 5.11 Å². The van der Waals surface area contributed by atoms with E-state index in [4.69, 9.17) is 14.4 Å². The molecule has 0 atom stereocenters. The van der Waals surface area contributed by atoms with Crippen LogP contribution in [0.2, 0.25) is 0 Å². The van der Waals surface area contributed by atoms with E-state index in [1.54, 1.807) is 18.2 Å². The molecule has 0 aliphatic rings. The summed E-state index contributed by atoms with van der Waals surface area (Å²) < 4.78 is 6.00. The topological polar surface area (TPSA) is 59.2 Å². The second-order valence-electron chi connectivity index (χ2n) is 8.45. The number of nitrogens with zero attached hydrogens (tertiary/aromatic N) is 2. The normalized spacial score (nSPS) is 11.0. The maximum Gasteiger partial charge on any atom is 0.230 e. The van der Waals surface area contributed by atoms with Gasteiger partial charge < -0.3 is 9.52 Å². The number of aromatic hydroxyl groups is 1. The molecule has 0 unspecified atom stereocenters. The molecule has 174 valence electrons. The standard InChI is InChI=1S/C30H21N2O2.Pt/c1-18-13-14-23(29-27(18)19(2)15-16-31-29)21-8-5-7-20(17-21)22-10-6-12-26-28(22)32-30(34-26)24-9-3-4-11-25(24)33;/h3-16,33H,1-2H3;/q-1;. The maximum atomic E-state index is 10.3. The van der Waals surface area contributed by atoms with Crippen LogP contribution in [-0.4, -0.2) is 15.1 Å². The van der Waals surface area contributed by atoms with Crippen LogP contribution in [0, 0.1) is 19.9 Å². The molecular weight excluding hydrogens is 615 g/mol. The molecule has 0 bridgehead atoms. The van der Waals surface area contributed by atoms with Crippen molar-refractivity contribution in [2.75, 3.05) is 0 Å². The first-order valence-corrected chi connectivity index (χ1v) is 11.2. The summed E-state index contributed by atoms with van der Waals surface area (Å²) in [7, 11) is 0. The first-order chi connectivity index (χ1) is 16.6. The van der Waals surface area contributed by atoms with Crippen molar-refractivity contribution in [1.29, 1.82) is 0 Å². The van der Waals surface area contributed by atoms with Crippen molar-refractivity contribution in [3.63, 3.8) is 0 Å². The summed E-state index contributed by atoms with van der Waals surface area (Å²) in [5, 5.41) is 11.4. The molecule has 6 aromatic rings. The van der Waals surface area contributed by atoms with Gasteiger partial charge in [0.25, 0.3) is 0 Å². The summed E-state index contributed by atoms with van der Waals surface area (Å²) in [6.07, 6.45) is 1.86. The third-order valence-corrected chi connectivity index (χ3v) is 6.24. The van der Waals surface area contributed by atoms with E-state index in [0.29, 0.717) is 17.0 Å². The number of aromatic nitrogens is 2. The molecule has 4 nitrogen and oxygen atoms in total. The minimum Gasteiger partial charge on any atom is -0.507 e. The molecule has 0 amide bonds. The van der Waals surface area contributed by atoms with Crippen molar-refractivity contribution in [3.05, 3.63) is 102 Å². The van der Waals surface area contributed by atoms with Gasteiger partial charge in [0.1, 0.15) is 11.3 Å². The molecular formula is C30H21N2O2Pt-. The van der Waals surface area contributed by atoms with Crippen molar-refractivity contribution in [2.45, 2.75) is 13.8 Å². The van der Waals surface area contributed by atoms with Crippen LogP contribution in [0.3, 0.4) is 0 Å². The van der Waals surface area contributed by atoms with Crippen molar-refractivity contribution in [1.82, 2.24) is 9.97 Å². The molecule has 1 N–H and O–H groups in total. The molecule has 0 aliphatic heterocycles. The molecule has 0 fully saturated rings. The number of para-hydroxylation sites is 2. The third kappa shape index (κ3) is 3.94. The van der Waals surface area contributed by atoms with Crippen LogP contribution in [0.5, 0.6) is 5.75 Å². The summed E-state index contributed by atoms with van der Waals surface area (Å²) in [4.78, 5) is 9.44. The number of aryl methyl sites for hydroxylation is 2. The number of benzene rings is 4. The number of pyridine rings is 1. The van der Waals surface area contributed by atoms with Gasteiger partial charge in [0.2, 0.25) is 5.89 Å². The van der Waals surface area contributed by atoms with Gasteiger partial charge in [-0.3, -0.25) is 4.98 Å². The Hall–Kier alpha value is -3.75. The summed E-state index contributed by atoms with van der Waals surface area (Å²) in [5.74, 6) is 0.527. The smallest absolute Gasteiger partial charge is 0.230 e. The maximum absolute atomic E-state index is 10.3. The zero-order valence-electron chi connectivity index (χ0n) is 19.1. The first-order valence-electron chi connectivity index (χ1n) is 11.2. The number of fused-ring (bicyclic) bond motifs is 2. The van der Waals surface area contributed by atoms with Crippen LogP contribution in [0.4, 0.5) is 0 Å². The number of phenolic OH excluding ortho intramolecular Hbond substituents is 1. The van der Waals surface area contributed by atoms with Gasteiger partial charge in [-0.1, -0.05) is 47.5 Å². The minimum absolute atomic E-state index is 0. The molecule has 4 aromatic carbocycles. The zero-order chi connectivity index (χ0) is 23.2. The van der Waals surface area contributed by atoms with Crippen LogP contribution in [0.25, 0.3) is 55.7 Å². The number of rotatable bonds is 3. The van der Waals surface area contributed by atoms with E-state index in [0.717, 1.165) is 33.3 Å². The molecule has 2 heterocycles. The predicted molar refractivity (Wildman–Crippen MR) is 136 cm³/mol. The molecule has 0 radical (unpaired) electrons. The Morgan fingerprint density at radius 3 is 2.20 bits per heavy atom. The van der Waals surface area contributed by atoms with Gasteiger partial charge in [-0.25, -0.2) is 4.98 Å². The Balaban J connectivity index is 0.00000253. The van der Waals surface area contributed by atoms with Crippen molar-refractivity contribution < 1.29 is 30.6 Å². The largest absolute Gasteiger partial charge is 0.507 e. The van der Waals surface area contributed by atoms with Crippen LogP contribution in [0.15, 0.2) is 89.5 Å². The molecule has 0 aliphatic carbocycles. The van der Waals surface area contributed by atoms with Crippen LogP contribution in [-0.2, 0) is 21.1 Å². The molecule has 5 heteroatoms. The zero-order valence-corrected chi connectivity index (χ0v) is 21.4. The molecule has 0 spiro atoms. The van der Waals surface area contributed by atoms with E-state index in [-0.39, 0.29) is 26.8 Å². The van der Waals surface area contributed by atoms with Gasteiger partial charge in [-0.2, -0.15) is 0 Å². The number of oxazole rings is 1. The molecule has 35 heavy (non-hydrogen) atoms. The molecule has 0 saturated carbocycles. The predicted octanol–water partition coefficient (Wildman–Crippen LogP) is 7.50. The van der Waals surface area contributed by atoms with Gasteiger partial charge >= 0.3 is 0 Å². The van der Waals surface area contributed by atoms with E-state index < -0.39 is 0 Å². The summed E-state index contributed by atoms with van der Waals surface area (Å²) in [6.45, 7) is 4.24. The van der Waals surface area contributed by atoms with Gasteiger partial charge in [0.15, 0.2) is 0 Å². The fourth-order valence-corrected chi connectivity index (χ4v) is 4.57. The summed E-state index contributed by atoms with van der Waals surface area (Å²) >= 11 is 0. The van der Waals surface area contributed by atoms with E-state index in [1.807, 2.05) is 48.7 Å². The Morgan fingerprint density at radius 2 is 1.40 bits per heavy atom. The first kappa shape index (κ1) is 23.0. The van der Waals surface area contributed by atoms with Crippen LogP contribution in [0.1, 0.15) is 11.1 Å². The Morgan fingerprint density at radius 1 is 0.714 bits per heavy atom. The Labute approximate surface area is 217 Å². The van der Waals surface area contributed by atoms with Gasteiger partial charge in [-0.15, -0.1) is 35.4 Å². The second kappa shape index (κ2) is 9.13. The Kier molecular flexibility index (Phi) is 6.00. The van der Waals surface area contributed by atoms with E-state index >= 15 is 0 Å². The average molecular weight is 637 g/mol. The van der Waals surface area contributed by atoms with Crippen LogP contribution < -0.4 is 0 Å². The van der Waals surface area contributed by atoms with Crippen molar-refractivity contribution in [3.8, 4) is 39.5 Å². The minimum atomic E-state index is 0. The van der Waals surface area contributed by atoms with Gasteiger partial charge in [-0.05, 0) is 54.6 Å². The third-order valence-electron chi connectivity index (χ3n) is 6.24. The molecule has 2 aromatic heterocycles. The monoisotopic (exact) mass is 636 g/mol. The number of phenols is 1. The van der Waals surface area contributed by atoms with E-state index in [2.05, 4.69) is 38.1 Å². The molecule has 0 saturated heterocycles. The fourth-order valence-electron chi connectivity index (χ4n) is 4.57. The Bertz CT molecular complexity index is 1700. The van der Waals surface area contributed by atoms with E-state index in [1.165, 1.54) is 16.5 Å². The SMILES string of the molecule is Cc1ccnc2c(-c3[c-]c(-c4cccc5oc(-c6ccccc6O)nc45)ccc3)ccc(C)c12.[Pt]. The number of hydrogen-bond acceptors (Lipinski definition) is 4. The number of hydrogen-bond donors (Lipinski definition) is 1. The molecule has 6 rings (SSSR count). The second-order valence-corrected chi connectivity index (χ2v) is 8.45. The van der Waals surface area contributed by atoms with Crippen molar-refractivity contribution >= 4 is 22.0 Å². The van der Waals surface area contributed by atoms with Gasteiger partial charge in [0, 0.05) is 32.8 Å². The van der Waals surface area contributed by atoms with Crippen molar-refractivity contribution in [2.24, 2.45) is 0 Å². The fraction of sp³-hybridized carbons (Fsp3) is 0.0667. The average Bonchev–Trinajstić information content (AvgIpc) is 3.29.